The van der Waals surface area contributed by atoms with Crippen LogP contribution in [0.3, 0.4) is 0 Å². The van der Waals surface area contributed by atoms with Gasteiger partial charge in [-0.3, -0.25) is 0 Å². The van der Waals surface area contributed by atoms with Gasteiger partial charge in [0, 0.05) is 42.4 Å². The molecule has 1 unspecified atom stereocenters. The summed E-state index contributed by atoms with van der Waals surface area (Å²) in [5.41, 5.74) is -1.10. The average molecular weight is 631 g/mol. The molecule has 42 heavy (non-hydrogen) atoms. The van der Waals surface area contributed by atoms with E-state index in [0.717, 1.165) is 19.1 Å². The molecule has 1 atom stereocenters. The zero-order chi connectivity index (χ0) is 31.0. The third-order valence-electron chi connectivity index (χ3n) is 5.82. The fourth-order valence-corrected chi connectivity index (χ4v) is 4.81. The highest BCUT2D eigenvalue weighted by atomic mass is 32.5. The topological polar surface area (TPSA) is 62.7 Å². The summed E-state index contributed by atoms with van der Waals surface area (Å²) in [6.07, 6.45) is 4.97. The van der Waals surface area contributed by atoms with Gasteiger partial charge in [0.1, 0.15) is 23.2 Å². The third-order valence-corrected chi connectivity index (χ3v) is 6.98. The highest BCUT2D eigenvalue weighted by Crippen LogP contribution is 3.02. The number of nitrogens with zero attached hydrogens (tertiary/aromatic N) is 2. The van der Waals surface area contributed by atoms with Crippen LogP contribution in [-0.4, -0.2) is 29.8 Å². The maximum Gasteiger partial charge on any atom is 0.315 e. The Kier molecular flexibility index (Phi) is 7.97. The Morgan fingerprint density at radius 2 is 1.55 bits per heavy atom. The van der Waals surface area contributed by atoms with E-state index < -0.39 is 67.4 Å². The maximum atomic E-state index is 15.3. The lowest BCUT2D eigenvalue weighted by molar-refractivity contribution is -0.210. The first-order chi connectivity index (χ1) is 19.4. The Balaban J connectivity index is 1.46. The largest absolute Gasteiger partial charge is 0.501 e. The molecule has 0 aliphatic carbocycles. The van der Waals surface area contributed by atoms with Gasteiger partial charge in [-0.05, 0) is 36.8 Å². The van der Waals surface area contributed by atoms with Crippen molar-refractivity contribution >= 4 is 10.2 Å². The zero-order valence-electron chi connectivity index (χ0n) is 21.8. The Morgan fingerprint density at radius 1 is 0.952 bits per heavy atom. The quantitative estimate of drug-likeness (QED) is 0.174. The maximum absolute atomic E-state index is 15.3. The highest BCUT2D eigenvalue weighted by Gasteiger charge is 2.68. The van der Waals surface area contributed by atoms with Gasteiger partial charge in [-0.15, -0.1) is 0 Å². The lowest BCUT2D eigenvalue weighted by Gasteiger charge is -2.40. The van der Waals surface area contributed by atoms with Crippen molar-refractivity contribution in [1.82, 2.24) is 9.97 Å². The molecule has 0 radical (unpaired) electrons. The van der Waals surface area contributed by atoms with E-state index >= 15 is 4.39 Å². The molecule has 0 N–H and O–H groups in total. The van der Waals surface area contributed by atoms with Gasteiger partial charge in [-0.2, -0.15) is 4.39 Å². The molecule has 0 spiro atoms. The normalized spacial score (nSPS) is 20.9. The monoisotopic (exact) mass is 630 g/mol. The van der Waals surface area contributed by atoms with E-state index in [-0.39, 0.29) is 18.1 Å². The molecule has 1 aromatic heterocycles. The number of halogens is 9. The lowest BCUT2D eigenvalue weighted by atomic mass is 10.0. The second-order valence-corrected chi connectivity index (χ2v) is 11.8. The van der Waals surface area contributed by atoms with Crippen molar-refractivity contribution in [1.29, 1.82) is 0 Å². The molecule has 0 saturated carbocycles. The van der Waals surface area contributed by atoms with Crippen molar-refractivity contribution < 1.29 is 55.9 Å². The molecule has 6 nitrogen and oxygen atoms in total. The van der Waals surface area contributed by atoms with E-state index in [1.165, 1.54) is 12.4 Å². The molecule has 230 valence electrons. The molecule has 1 fully saturated rings. The van der Waals surface area contributed by atoms with Crippen LogP contribution in [0.25, 0.3) is 11.1 Å². The third kappa shape index (κ3) is 7.28. The minimum absolute atomic E-state index is 0.00447. The molecule has 2 aromatic carbocycles. The minimum atomic E-state index is -10.7. The van der Waals surface area contributed by atoms with Crippen molar-refractivity contribution in [3.63, 3.8) is 0 Å². The van der Waals surface area contributed by atoms with Crippen LogP contribution >= 0.6 is 10.2 Å². The molecule has 1 aliphatic heterocycles. The van der Waals surface area contributed by atoms with Crippen LogP contribution in [-0.2, 0) is 20.1 Å². The molecule has 1 saturated heterocycles. The molecular formula is C26H23F9N2O4S. The van der Waals surface area contributed by atoms with Gasteiger partial charge in [0.25, 0.3) is 0 Å². The first kappa shape index (κ1) is 31.4. The smallest absolute Gasteiger partial charge is 0.315 e. The van der Waals surface area contributed by atoms with Gasteiger partial charge >= 0.3 is 16.1 Å². The van der Waals surface area contributed by atoms with Gasteiger partial charge in [-0.1, -0.05) is 25.5 Å². The van der Waals surface area contributed by atoms with Gasteiger partial charge in [0.05, 0.1) is 26.1 Å². The summed E-state index contributed by atoms with van der Waals surface area (Å²) >= 11 is 0. The lowest BCUT2D eigenvalue weighted by Crippen LogP contribution is -2.30. The molecule has 3 aromatic rings. The molecule has 16 heteroatoms. The Morgan fingerprint density at radius 3 is 2.07 bits per heavy atom. The van der Waals surface area contributed by atoms with Crippen molar-refractivity contribution in [3.8, 4) is 16.9 Å². The Bertz CT molecular complexity index is 1460. The molecule has 0 bridgehead atoms. The second kappa shape index (κ2) is 10.6. The van der Waals surface area contributed by atoms with Crippen LogP contribution in [0, 0.1) is 23.4 Å². The minimum Gasteiger partial charge on any atom is -0.501 e. The van der Waals surface area contributed by atoms with E-state index in [9.17, 15) is 32.6 Å². The predicted octanol–water partition coefficient (Wildman–Crippen LogP) is 8.65. The van der Waals surface area contributed by atoms with Gasteiger partial charge in [0.15, 0.2) is 11.2 Å². The first-order valence-electron chi connectivity index (χ1n) is 12.1. The van der Waals surface area contributed by atoms with Crippen molar-refractivity contribution in [2.24, 2.45) is 5.92 Å². The standard InChI is InChI=1S/C26H23F9N2O4S/c1-3-6-38-12-15-13-39-24(40-14-15)17-10-36-25(37-11-17)26(2,30)41-18-4-5-19(20(27)9-18)16-7-21(28)23(22(29)8-16)42(31,32,33,34)35/h3-11,15,24H,12-14H2,1-2H3/b6-3+. The van der Waals surface area contributed by atoms with E-state index in [4.69, 9.17) is 18.9 Å². The van der Waals surface area contributed by atoms with E-state index in [1.54, 1.807) is 12.3 Å². The van der Waals surface area contributed by atoms with Crippen molar-refractivity contribution in [2.75, 3.05) is 19.8 Å². The van der Waals surface area contributed by atoms with Crippen LogP contribution in [0.15, 0.2) is 60.0 Å². The molecule has 0 amide bonds. The Hall–Kier alpha value is -3.50. The van der Waals surface area contributed by atoms with Crippen LogP contribution in [0.1, 0.15) is 31.5 Å². The van der Waals surface area contributed by atoms with Crippen molar-refractivity contribution in [3.05, 3.63) is 83.9 Å². The number of ether oxygens (including phenoxy) is 4. The molecule has 2 heterocycles. The summed E-state index contributed by atoms with van der Waals surface area (Å²) in [6.45, 7) is 3.78. The molecule has 1 aliphatic rings. The number of aromatic nitrogens is 2. The van der Waals surface area contributed by atoms with Gasteiger partial charge in [0.2, 0.25) is 5.82 Å². The van der Waals surface area contributed by atoms with Gasteiger partial charge < -0.3 is 18.9 Å². The van der Waals surface area contributed by atoms with E-state index in [1.807, 2.05) is 6.92 Å². The average Bonchev–Trinajstić information content (AvgIpc) is 2.87. The summed E-state index contributed by atoms with van der Waals surface area (Å²) in [4.78, 5) is 4.50. The van der Waals surface area contributed by atoms with Crippen LogP contribution in [0.4, 0.5) is 37.0 Å². The molecule has 4 rings (SSSR count). The predicted molar refractivity (Wildman–Crippen MR) is 133 cm³/mol. The Labute approximate surface area is 233 Å². The number of rotatable bonds is 9. The van der Waals surface area contributed by atoms with Crippen LogP contribution in [0.5, 0.6) is 5.75 Å². The molecular weight excluding hydrogens is 607 g/mol. The summed E-state index contributed by atoms with van der Waals surface area (Å²) in [5, 5.41) is 0. The number of alkyl halides is 1. The summed E-state index contributed by atoms with van der Waals surface area (Å²) in [6, 6.07) is 2.17. The second-order valence-electron chi connectivity index (χ2n) is 9.41. The fraction of sp³-hybridized carbons (Fsp3) is 0.308. The zero-order valence-corrected chi connectivity index (χ0v) is 22.6. The summed E-state index contributed by atoms with van der Waals surface area (Å²) in [7, 11) is -10.7. The van der Waals surface area contributed by atoms with Crippen molar-refractivity contribution in [2.45, 2.75) is 30.9 Å². The van der Waals surface area contributed by atoms with Gasteiger partial charge in [-0.25, -0.2) is 23.1 Å². The fourth-order valence-electron chi connectivity index (χ4n) is 3.95. The summed E-state index contributed by atoms with van der Waals surface area (Å²) in [5.74, 6) is -10.2. The highest BCUT2D eigenvalue weighted by molar-refractivity contribution is 8.45. The number of benzene rings is 2. The number of hydrogen-bond acceptors (Lipinski definition) is 6. The van der Waals surface area contributed by atoms with E-state index in [2.05, 4.69) is 9.97 Å². The number of allylic oxidation sites excluding steroid dienone is 1. The summed E-state index contributed by atoms with van der Waals surface area (Å²) < 4.78 is 145. The first-order valence-corrected chi connectivity index (χ1v) is 14.0. The SMILES string of the molecule is C/C=C/OCC1COC(c2cnc(C(C)(F)Oc3ccc(-c4cc(F)c(S(F)(F)(F)(F)F)c(F)c4)c(F)c3)nc2)OC1. The van der Waals surface area contributed by atoms with Crippen LogP contribution in [0.2, 0.25) is 0 Å². The van der Waals surface area contributed by atoms with Crippen LogP contribution < -0.4 is 4.74 Å². The van der Waals surface area contributed by atoms with E-state index in [0.29, 0.717) is 31.5 Å². The number of hydrogen-bond donors (Lipinski definition) is 0.